The van der Waals surface area contributed by atoms with Gasteiger partial charge < -0.3 is 14.4 Å². The molecule has 42 heavy (non-hydrogen) atoms. The fraction of sp³-hybridized carbons (Fsp3) is 0.243. The fourth-order valence-corrected chi connectivity index (χ4v) is 6.35. The molecule has 0 amide bonds. The van der Waals surface area contributed by atoms with Gasteiger partial charge in [-0.2, -0.15) is 0 Å². The van der Waals surface area contributed by atoms with E-state index in [2.05, 4.69) is 111 Å². The summed E-state index contributed by atoms with van der Waals surface area (Å²) in [5, 5.41) is 3.81. The van der Waals surface area contributed by atoms with Gasteiger partial charge in [0.25, 0.3) is 0 Å². The number of rotatable bonds is 3. The minimum absolute atomic E-state index is 0. The summed E-state index contributed by atoms with van der Waals surface area (Å²) >= 11 is 0. The quantitative estimate of drug-likeness (QED) is 0.134. The van der Waals surface area contributed by atoms with Crippen molar-refractivity contribution in [2.75, 3.05) is 0 Å². The number of nitrogens with zero attached hydrogens (tertiary/aromatic N) is 2. The minimum atomic E-state index is -1.52. The Labute approximate surface area is 264 Å². The van der Waals surface area contributed by atoms with Crippen LogP contribution in [0.4, 0.5) is 0 Å². The maximum absolute atomic E-state index is 6.26. The van der Waals surface area contributed by atoms with Gasteiger partial charge in [-0.05, 0) is 47.8 Å². The molecule has 0 aliphatic carbocycles. The molecule has 6 rings (SSSR count). The van der Waals surface area contributed by atoms with E-state index in [0.717, 1.165) is 39.2 Å². The van der Waals surface area contributed by atoms with Crippen molar-refractivity contribution >= 4 is 35.2 Å². The van der Waals surface area contributed by atoms with E-state index in [1.165, 1.54) is 27.1 Å². The van der Waals surface area contributed by atoms with Crippen molar-refractivity contribution in [1.29, 1.82) is 0 Å². The zero-order valence-electron chi connectivity index (χ0n) is 25.7. The normalized spacial score (nSPS) is 11.6. The second-order valence-corrected chi connectivity index (χ2v) is 17.9. The van der Waals surface area contributed by atoms with Gasteiger partial charge in [0.15, 0.2) is 0 Å². The van der Waals surface area contributed by atoms with Crippen molar-refractivity contribution in [3.8, 4) is 22.5 Å². The topological polar surface area (TPSA) is 38.9 Å². The third-order valence-electron chi connectivity index (χ3n) is 7.29. The Hall–Kier alpha value is -3.37. The second-order valence-electron chi connectivity index (χ2n) is 12.8. The molecule has 5 heteroatoms. The van der Waals surface area contributed by atoms with Crippen LogP contribution in [0.3, 0.4) is 0 Å². The Bertz CT molecular complexity index is 1790. The Morgan fingerprint density at radius 1 is 0.738 bits per heavy atom. The standard InChI is InChI=1S/C21H20NOSi.C16H18N.Ir/c1-14-9-11-17(22-13-14)15-10-12-19(24(2,3)4)20-16-7-5-6-8-18(16)23-21(15)20;1-12-5-10-15(17-11-12)13-6-8-14(9-7-13)16(2,3)4;/h5-9,11-13H,1-4H3;5-6,8-11H,1-4H3;/q2*-1;. The first-order valence-electron chi connectivity index (χ1n) is 14.2. The minimum Gasteiger partial charge on any atom is -0.501 e. The van der Waals surface area contributed by atoms with Crippen molar-refractivity contribution in [3.63, 3.8) is 0 Å². The van der Waals surface area contributed by atoms with Crippen molar-refractivity contribution in [2.45, 2.75) is 59.7 Å². The molecule has 0 unspecified atom stereocenters. The van der Waals surface area contributed by atoms with Crippen LogP contribution in [-0.4, -0.2) is 18.0 Å². The molecule has 3 aromatic carbocycles. The molecule has 6 aromatic rings. The number of pyridine rings is 2. The Kier molecular flexibility index (Phi) is 9.37. The number of hydrogen-bond acceptors (Lipinski definition) is 3. The predicted octanol–water partition coefficient (Wildman–Crippen LogP) is 9.45. The van der Waals surface area contributed by atoms with Gasteiger partial charge in [-0.25, -0.2) is 0 Å². The van der Waals surface area contributed by atoms with Crippen LogP contribution >= 0.6 is 0 Å². The summed E-state index contributed by atoms with van der Waals surface area (Å²) in [6.45, 7) is 17.8. The van der Waals surface area contributed by atoms with Crippen molar-refractivity contribution < 1.29 is 24.5 Å². The number of aryl methyl sites for hydroxylation is 2. The number of benzene rings is 3. The van der Waals surface area contributed by atoms with Crippen LogP contribution in [0.2, 0.25) is 19.6 Å². The second kappa shape index (κ2) is 12.5. The Morgan fingerprint density at radius 2 is 1.38 bits per heavy atom. The van der Waals surface area contributed by atoms with E-state index in [1.807, 2.05) is 50.5 Å². The van der Waals surface area contributed by atoms with E-state index in [-0.39, 0.29) is 25.5 Å². The van der Waals surface area contributed by atoms with Crippen molar-refractivity contribution in [1.82, 2.24) is 9.97 Å². The van der Waals surface area contributed by atoms with Crippen LogP contribution in [0, 0.1) is 26.0 Å². The molecule has 0 saturated carbocycles. The van der Waals surface area contributed by atoms with E-state index in [1.54, 1.807) is 0 Å². The van der Waals surface area contributed by atoms with Crippen LogP contribution in [0.25, 0.3) is 44.5 Å². The Morgan fingerprint density at radius 3 is 1.93 bits per heavy atom. The van der Waals surface area contributed by atoms with E-state index in [4.69, 9.17) is 4.42 Å². The summed E-state index contributed by atoms with van der Waals surface area (Å²) in [6.07, 6.45) is 3.78. The zero-order valence-corrected chi connectivity index (χ0v) is 29.1. The molecule has 0 aliphatic heterocycles. The van der Waals surface area contributed by atoms with Crippen LogP contribution in [-0.2, 0) is 25.5 Å². The molecule has 3 nitrogen and oxygen atoms in total. The molecule has 0 N–H and O–H groups in total. The van der Waals surface area contributed by atoms with Crippen LogP contribution in [0.5, 0.6) is 0 Å². The van der Waals surface area contributed by atoms with Crippen molar-refractivity contribution in [3.05, 3.63) is 114 Å². The third kappa shape index (κ3) is 6.81. The van der Waals surface area contributed by atoms with E-state index in [9.17, 15) is 0 Å². The summed E-state index contributed by atoms with van der Waals surface area (Å²) in [6, 6.07) is 31.8. The molecular weight excluding hydrogens is 709 g/mol. The maximum atomic E-state index is 6.26. The van der Waals surface area contributed by atoms with Crippen LogP contribution in [0.15, 0.2) is 89.6 Å². The van der Waals surface area contributed by atoms with Crippen LogP contribution in [0.1, 0.15) is 37.5 Å². The van der Waals surface area contributed by atoms with E-state index < -0.39 is 8.07 Å². The van der Waals surface area contributed by atoms with Gasteiger partial charge in [-0.3, -0.25) is 0 Å². The fourth-order valence-electron chi connectivity index (χ4n) is 4.85. The molecule has 0 saturated heterocycles. The van der Waals surface area contributed by atoms with Gasteiger partial charge in [0.05, 0.1) is 5.58 Å². The third-order valence-corrected chi connectivity index (χ3v) is 9.30. The molecular formula is C37H38IrN2OSi-2. The molecule has 0 aliphatic rings. The number of para-hydroxylation sites is 1. The summed E-state index contributed by atoms with van der Waals surface area (Å²) in [7, 11) is -1.52. The van der Waals surface area contributed by atoms with Gasteiger partial charge in [0, 0.05) is 46.0 Å². The van der Waals surface area contributed by atoms with Gasteiger partial charge in [-0.15, -0.1) is 52.7 Å². The number of aromatic nitrogens is 2. The predicted molar refractivity (Wildman–Crippen MR) is 175 cm³/mol. The molecule has 0 fully saturated rings. The summed E-state index contributed by atoms with van der Waals surface area (Å²) in [4.78, 5) is 8.99. The zero-order chi connectivity index (χ0) is 29.4. The number of hydrogen-bond donors (Lipinski definition) is 0. The van der Waals surface area contributed by atoms with Crippen molar-refractivity contribution in [2.24, 2.45) is 0 Å². The summed E-state index contributed by atoms with van der Waals surface area (Å²) in [5.74, 6) is 0. The van der Waals surface area contributed by atoms with Gasteiger partial charge in [0.1, 0.15) is 5.58 Å². The Balaban J connectivity index is 0.000000200. The molecule has 217 valence electrons. The first-order valence-corrected chi connectivity index (χ1v) is 17.7. The van der Waals surface area contributed by atoms with E-state index >= 15 is 0 Å². The summed E-state index contributed by atoms with van der Waals surface area (Å²) < 4.78 is 6.26. The molecule has 3 aromatic heterocycles. The van der Waals surface area contributed by atoms with E-state index in [0.29, 0.717) is 0 Å². The molecule has 0 atom stereocenters. The molecule has 3 heterocycles. The monoisotopic (exact) mass is 747 g/mol. The maximum Gasteiger partial charge on any atom is 0.120 e. The summed E-state index contributed by atoms with van der Waals surface area (Å²) in [5.41, 5.74) is 9.54. The van der Waals surface area contributed by atoms with Gasteiger partial charge in [0.2, 0.25) is 0 Å². The van der Waals surface area contributed by atoms with Gasteiger partial charge in [-0.1, -0.05) is 93.8 Å². The molecule has 0 spiro atoms. The van der Waals surface area contributed by atoms with Gasteiger partial charge >= 0.3 is 0 Å². The number of fused-ring (bicyclic) bond motifs is 3. The van der Waals surface area contributed by atoms with Crippen LogP contribution < -0.4 is 5.19 Å². The molecule has 1 radical (unpaired) electrons. The number of furan rings is 1. The largest absolute Gasteiger partial charge is 0.501 e. The first kappa shape index (κ1) is 31.6. The average Bonchev–Trinajstić information content (AvgIpc) is 3.33. The SMILES string of the molecule is Cc1ccc(-c2[c-]cc(C(C)(C)C)cc2)nc1.Cc1ccc(-c2[c-]cc([Si](C)(C)C)c3c2oc2ccccc23)nc1.[Ir]. The smallest absolute Gasteiger partial charge is 0.120 e. The first-order chi connectivity index (χ1) is 19.4. The molecule has 0 bridgehead atoms. The average molecular weight is 747 g/mol.